The van der Waals surface area contributed by atoms with E-state index in [0.29, 0.717) is 29.1 Å². The lowest BCUT2D eigenvalue weighted by Crippen LogP contribution is -2.12. The van der Waals surface area contributed by atoms with Crippen LogP contribution in [-0.4, -0.2) is 27.1 Å². The number of halogens is 2. The molecule has 7 heteroatoms. The molecular formula is C46H55BBrClN2O2. The highest BCUT2D eigenvalue weighted by atomic mass is 79.9. The van der Waals surface area contributed by atoms with Crippen LogP contribution in [0.1, 0.15) is 74.9 Å². The third-order valence-electron chi connectivity index (χ3n) is 8.72. The van der Waals surface area contributed by atoms with Crippen molar-refractivity contribution < 1.29 is 10.0 Å². The van der Waals surface area contributed by atoms with Gasteiger partial charge in [0.05, 0.1) is 27.4 Å². The molecule has 6 rings (SSSR count). The van der Waals surface area contributed by atoms with Crippen molar-refractivity contribution >= 4 is 56.5 Å². The lowest BCUT2D eigenvalue weighted by atomic mass is 9.80. The molecule has 4 aromatic carbocycles. The highest BCUT2D eigenvalue weighted by Gasteiger charge is 2.12. The molecule has 2 aromatic heterocycles. The van der Waals surface area contributed by atoms with Crippen molar-refractivity contribution in [3.05, 3.63) is 128 Å². The Bertz CT molecular complexity index is 2120. The zero-order valence-electron chi connectivity index (χ0n) is 33.1. The first-order valence-corrected chi connectivity index (χ1v) is 19.9. The average Bonchev–Trinajstić information content (AvgIpc) is 3.04. The Hall–Kier alpha value is -3.55. The van der Waals surface area contributed by atoms with Gasteiger partial charge in [-0.1, -0.05) is 99.7 Å². The van der Waals surface area contributed by atoms with Crippen LogP contribution in [0.5, 0.6) is 0 Å². The van der Waals surface area contributed by atoms with Crippen molar-refractivity contribution in [2.24, 2.45) is 17.8 Å². The van der Waals surface area contributed by atoms with Crippen molar-refractivity contribution in [3.63, 3.8) is 0 Å². The van der Waals surface area contributed by atoms with E-state index in [4.69, 9.17) is 31.6 Å². The van der Waals surface area contributed by atoms with Crippen molar-refractivity contribution in [2.75, 3.05) is 0 Å². The molecule has 0 unspecified atom stereocenters. The average molecular weight is 794 g/mol. The number of benzene rings is 4. The third kappa shape index (κ3) is 12.8. The Morgan fingerprint density at radius 2 is 0.981 bits per heavy atom. The van der Waals surface area contributed by atoms with Crippen LogP contribution in [0.15, 0.2) is 89.4 Å². The molecule has 0 aliphatic rings. The first kappa shape index (κ1) is 42.2. The number of fused-ring (bicyclic) bond motifs is 2. The summed E-state index contributed by atoms with van der Waals surface area (Å²) in [5, 5.41) is 19.6. The Balaban J connectivity index is 0.000000205. The Morgan fingerprint density at radius 1 is 0.566 bits per heavy atom. The summed E-state index contributed by atoms with van der Waals surface area (Å²) < 4.78 is 0.896. The van der Waals surface area contributed by atoms with E-state index >= 15 is 0 Å². The van der Waals surface area contributed by atoms with Crippen molar-refractivity contribution in [2.45, 2.75) is 88.4 Å². The summed E-state index contributed by atoms with van der Waals surface area (Å²) in [7, 11) is -1.13. The summed E-state index contributed by atoms with van der Waals surface area (Å²) in [4.78, 5) is 9.74. The van der Waals surface area contributed by atoms with Gasteiger partial charge in [0.15, 0.2) is 0 Å². The molecule has 0 saturated carbocycles. The highest BCUT2D eigenvalue weighted by molar-refractivity contribution is 9.10. The fourth-order valence-electron chi connectivity index (χ4n) is 6.63. The van der Waals surface area contributed by atoms with E-state index < -0.39 is 7.12 Å². The van der Waals surface area contributed by atoms with E-state index in [-0.39, 0.29) is 0 Å². The van der Waals surface area contributed by atoms with E-state index in [2.05, 4.69) is 144 Å². The van der Waals surface area contributed by atoms with E-state index in [9.17, 15) is 0 Å². The van der Waals surface area contributed by atoms with Crippen molar-refractivity contribution in [3.8, 4) is 22.5 Å². The number of aromatic nitrogens is 2. The minimum absolute atomic E-state index is 0.375. The lowest BCUT2D eigenvalue weighted by molar-refractivity contribution is 0.394. The predicted molar refractivity (Wildman–Crippen MR) is 233 cm³/mol. The second-order valence-corrected chi connectivity index (χ2v) is 17.0. The minimum Gasteiger partial charge on any atom is -0.427 e. The number of aryl methyl sites for hydroxylation is 4. The summed E-state index contributed by atoms with van der Waals surface area (Å²) in [6.07, 6.45) is 2.73. The Morgan fingerprint density at radius 3 is 1.38 bits per heavy atom. The van der Waals surface area contributed by atoms with Gasteiger partial charge in [0.2, 0.25) is 0 Å². The van der Waals surface area contributed by atoms with E-state index in [1.807, 2.05) is 26.0 Å². The molecule has 0 bridgehead atoms. The second kappa shape index (κ2) is 19.2. The van der Waals surface area contributed by atoms with Gasteiger partial charge in [-0.2, -0.15) is 0 Å². The van der Waals surface area contributed by atoms with Gasteiger partial charge in [-0.15, -0.1) is 0 Å². The Kier molecular flexibility index (Phi) is 15.3. The maximum absolute atomic E-state index is 8.28. The number of hydrogen-bond donors (Lipinski definition) is 2. The second-order valence-electron chi connectivity index (χ2n) is 15.7. The van der Waals surface area contributed by atoms with Gasteiger partial charge in [-0.05, 0) is 152 Å². The largest absolute Gasteiger partial charge is 0.451 e. The fraction of sp³-hybridized carbons (Fsp3) is 0.348. The smallest absolute Gasteiger partial charge is 0.427 e. The molecule has 278 valence electrons. The molecule has 6 aromatic rings. The number of rotatable bonds is 8. The van der Waals surface area contributed by atoms with Crippen LogP contribution in [0.25, 0.3) is 44.3 Å². The molecule has 0 amide bonds. The minimum atomic E-state index is -1.13. The molecule has 0 atom stereocenters. The Labute approximate surface area is 331 Å². The monoisotopic (exact) mass is 792 g/mol. The molecule has 2 heterocycles. The van der Waals surface area contributed by atoms with Gasteiger partial charge in [0.25, 0.3) is 0 Å². The molecular weight excluding hydrogens is 739 g/mol. The molecule has 0 spiro atoms. The van der Waals surface area contributed by atoms with Gasteiger partial charge < -0.3 is 10.0 Å². The fourth-order valence-corrected chi connectivity index (χ4v) is 7.15. The van der Waals surface area contributed by atoms with Gasteiger partial charge in [-0.25, -0.2) is 9.97 Å². The standard InChI is InChI=1S/C25H31N.C17H13BrClN.C4H11BO2/c1-16(2)9-21-14-20-7-8-24(23-12-18(5)11-19(6)13-23)26-25(20)15-22(21)10-17(3)4;1-10-5-11(2)7-13(6-10)16-4-3-12-8-14(18)15(19)9-17(12)20-16;1-4(2)3-5(6)7/h7-8,11-17H,9-10H2,1-6H3;3-9H,1-2H3;4,6-7H,3H2,1-2H3. The molecule has 0 aliphatic heterocycles. The summed E-state index contributed by atoms with van der Waals surface area (Å²) >= 11 is 9.59. The van der Waals surface area contributed by atoms with Crippen LogP contribution in [0.3, 0.4) is 0 Å². The molecule has 4 nitrogen and oxygen atoms in total. The normalized spacial score (nSPS) is 11.2. The van der Waals surface area contributed by atoms with Gasteiger partial charge in [0, 0.05) is 26.4 Å². The van der Waals surface area contributed by atoms with Crippen LogP contribution in [-0.2, 0) is 12.8 Å². The predicted octanol–water partition coefficient (Wildman–Crippen LogP) is 13.0. The van der Waals surface area contributed by atoms with Crippen LogP contribution in [0, 0.1) is 45.4 Å². The van der Waals surface area contributed by atoms with E-state index in [1.54, 1.807) is 0 Å². The van der Waals surface area contributed by atoms with E-state index in [1.165, 1.54) is 44.3 Å². The van der Waals surface area contributed by atoms with Gasteiger partial charge in [-0.3, -0.25) is 0 Å². The van der Waals surface area contributed by atoms with Crippen LogP contribution >= 0.6 is 27.5 Å². The molecule has 0 radical (unpaired) electrons. The van der Waals surface area contributed by atoms with Crippen LogP contribution in [0.4, 0.5) is 0 Å². The number of hydrogen-bond acceptors (Lipinski definition) is 4. The summed E-state index contributed by atoms with van der Waals surface area (Å²) in [6.45, 7) is 21.6. The summed E-state index contributed by atoms with van der Waals surface area (Å²) in [5.74, 6) is 1.70. The SMILES string of the molecule is CC(C)CB(O)O.Cc1cc(C)cc(-c2ccc3cc(Br)c(Cl)cc3n2)c1.Cc1cc(C)cc(-c2ccc3cc(CC(C)C)c(CC(C)C)cc3n2)c1. The topological polar surface area (TPSA) is 66.2 Å². The van der Waals surface area contributed by atoms with Crippen molar-refractivity contribution in [1.82, 2.24) is 9.97 Å². The van der Waals surface area contributed by atoms with Crippen molar-refractivity contribution in [1.29, 1.82) is 0 Å². The van der Waals surface area contributed by atoms with E-state index in [0.717, 1.165) is 50.7 Å². The third-order valence-corrected chi connectivity index (χ3v) is 9.91. The number of pyridine rings is 2. The zero-order valence-corrected chi connectivity index (χ0v) is 35.4. The summed E-state index contributed by atoms with van der Waals surface area (Å²) in [5.41, 5.74) is 14.4. The molecule has 0 aliphatic carbocycles. The van der Waals surface area contributed by atoms with Crippen LogP contribution in [0.2, 0.25) is 11.3 Å². The molecule has 53 heavy (non-hydrogen) atoms. The summed E-state index contributed by atoms with van der Waals surface area (Å²) in [6, 6.07) is 30.3. The van der Waals surface area contributed by atoms with Gasteiger partial charge in [0.1, 0.15) is 0 Å². The van der Waals surface area contributed by atoms with Crippen LogP contribution < -0.4 is 0 Å². The maximum Gasteiger partial charge on any atom is 0.451 e. The zero-order chi connectivity index (χ0) is 39.0. The lowest BCUT2D eigenvalue weighted by Gasteiger charge is -2.15. The first-order valence-electron chi connectivity index (χ1n) is 18.7. The molecule has 0 fully saturated rings. The first-order chi connectivity index (χ1) is 25.0. The number of nitrogens with zero attached hydrogens (tertiary/aromatic N) is 2. The highest BCUT2D eigenvalue weighted by Crippen LogP contribution is 2.30. The molecule has 0 saturated heterocycles. The van der Waals surface area contributed by atoms with Gasteiger partial charge >= 0.3 is 7.12 Å². The maximum atomic E-state index is 8.28. The molecule has 2 N–H and O–H groups in total. The quantitative estimate of drug-likeness (QED) is 0.151.